The van der Waals surface area contributed by atoms with E-state index in [0.29, 0.717) is 19.3 Å². The third kappa shape index (κ3) is 37.7. The Labute approximate surface area is 310 Å². The number of hydrogen-bond acceptors (Lipinski definition) is 6. The molecule has 0 unspecified atom stereocenters. The molecule has 0 aliphatic heterocycles. The molecule has 0 aliphatic rings. The molecular weight excluding hydrogens is 624 g/mol. The molecule has 6 heteroatoms. The smallest absolute Gasteiger partial charge is 0.306 e. The van der Waals surface area contributed by atoms with Crippen molar-refractivity contribution < 1.29 is 28.6 Å². The zero-order valence-electron chi connectivity index (χ0n) is 33.9. The fourth-order valence-corrected chi connectivity index (χ4v) is 6.45. The zero-order chi connectivity index (χ0) is 36.8. The molecule has 0 aromatic carbocycles. The summed E-state index contributed by atoms with van der Waals surface area (Å²) in [5, 5.41) is 0. The minimum absolute atomic E-state index is 0.0652. The van der Waals surface area contributed by atoms with Crippen molar-refractivity contribution in [2.24, 2.45) is 5.92 Å². The highest BCUT2D eigenvalue weighted by Gasteiger charge is 2.19. The van der Waals surface area contributed by atoms with Gasteiger partial charge >= 0.3 is 17.9 Å². The third-order valence-electron chi connectivity index (χ3n) is 9.79. The molecule has 1 atom stereocenters. The second kappa shape index (κ2) is 38.6. The fraction of sp³-hybridized carbons (Fsp3) is 0.932. The fourth-order valence-electron chi connectivity index (χ4n) is 6.45. The van der Waals surface area contributed by atoms with E-state index >= 15 is 0 Å². The van der Waals surface area contributed by atoms with Crippen LogP contribution in [0.2, 0.25) is 0 Å². The van der Waals surface area contributed by atoms with Gasteiger partial charge in [0.25, 0.3) is 0 Å². The molecule has 0 amide bonds. The number of rotatable bonds is 39. The van der Waals surface area contributed by atoms with Crippen molar-refractivity contribution in [2.75, 3.05) is 13.2 Å². The number of carbonyl (C=O) groups is 3. The third-order valence-corrected chi connectivity index (χ3v) is 9.79. The average molecular weight is 709 g/mol. The van der Waals surface area contributed by atoms with E-state index in [0.717, 1.165) is 70.1 Å². The van der Waals surface area contributed by atoms with Gasteiger partial charge in [0.05, 0.1) is 0 Å². The summed E-state index contributed by atoms with van der Waals surface area (Å²) in [5.74, 6) is -0.0519. The SMILES string of the molecule is CCCCCCCCCCCCCCCCC(=O)O[C@@H](COC(=O)CCCCCCC)COC(=O)CCCCCCCCCCCCC(C)C. The van der Waals surface area contributed by atoms with Gasteiger partial charge in [0.15, 0.2) is 6.10 Å². The van der Waals surface area contributed by atoms with Crippen molar-refractivity contribution in [3.63, 3.8) is 0 Å². The van der Waals surface area contributed by atoms with E-state index in [-0.39, 0.29) is 31.1 Å². The minimum Gasteiger partial charge on any atom is -0.462 e. The molecular formula is C44H84O6. The van der Waals surface area contributed by atoms with Crippen LogP contribution < -0.4 is 0 Å². The van der Waals surface area contributed by atoms with Crippen LogP contribution >= 0.6 is 0 Å². The van der Waals surface area contributed by atoms with Gasteiger partial charge in [-0.3, -0.25) is 14.4 Å². The first kappa shape index (κ1) is 48.4. The molecule has 0 bridgehead atoms. The molecule has 0 saturated heterocycles. The van der Waals surface area contributed by atoms with Crippen LogP contribution in [-0.2, 0) is 28.6 Å². The first-order valence-corrected chi connectivity index (χ1v) is 21.9. The Morgan fingerprint density at radius 2 is 0.660 bits per heavy atom. The van der Waals surface area contributed by atoms with Gasteiger partial charge in [-0.15, -0.1) is 0 Å². The van der Waals surface area contributed by atoms with Crippen molar-refractivity contribution in [3.8, 4) is 0 Å². The van der Waals surface area contributed by atoms with Crippen LogP contribution in [0.1, 0.15) is 240 Å². The summed E-state index contributed by atoms with van der Waals surface area (Å²) in [5.41, 5.74) is 0. The first-order chi connectivity index (χ1) is 24.4. The van der Waals surface area contributed by atoms with E-state index in [1.165, 1.54) is 128 Å². The predicted molar refractivity (Wildman–Crippen MR) is 210 cm³/mol. The number of carbonyl (C=O) groups excluding carboxylic acids is 3. The summed E-state index contributed by atoms with van der Waals surface area (Å²) in [6.45, 7) is 8.90. The summed E-state index contributed by atoms with van der Waals surface area (Å²) in [7, 11) is 0. The van der Waals surface area contributed by atoms with E-state index in [2.05, 4.69) is 27.7 Å². The van der Waals surface area contributed by atoms with Gasteiger partial charge in [-0.2, -0.15) is 0 Å². The van der Waals surface area contributed by atoms with Gasteiger partial charge in [0.2, 0.25) is 0 Å². The van der Waals surface area contributed by atoms with Crippen molar-refractivity contribution in [1.82, 2.24) is 0 Å². The monoisotopic (exact) mass is 709 g/mol. The van der Waals surface area contributed by atoms with Crippen molar-refractivity contribution in [3.05, 3.63) is 0 Å². The molecule has 50 heavy (non-hydrogen) atoms. The lowest BCUT2D eigenvalue weighted by Gasteiger charge is -2.18. The summed E-state index contributed by atoms with van der Waals surface area (Å²) in [6.07, 6.45) is 36.8. The number of ether oxygens (including phenoxy) is 3. The Morgan fingerprint density at radius 1 is 0.380 bits per heavy atom. The second-order valence-electron chi connectivity index (χ2n) is 15.5. The largest absolute Gasteiger partial charge is 0.462 e. The van der Waals surface area contributed by atoms with Gasteiger partial charge in [-0.1, -0.05) is 201 Å². The summed E-state index contributed by atoms with van der Waals surface area (Å²) in [4.78, 5) is 37.4. The molecule has 0 spiro atoms. The van der Waals surface area contributed by atoms with Gasteiger partial charge in [0, 0.05) is 19.3 Å². The number of hydrogen-bond donors (Lipinski definition) is 0. The van der Waals surface area contributed by atoms with Crippen LogP contribution in [0.5, 0.6) is 0 Å². The van der Waals surface area contributed by atoms with E-state index in [9.17, 15) is 14.4 Å². The van der Waals surface area contributed by atoms with E-state index in [1.54, 1.807) is 0 Å². The molecule has 0 saturated carbocycles. The standard InChI is InChI=1S/C44H84O6/c1-5-7-9-11-12-13-14-15-16-17-22-25-29-33-37-44(47)50-41(38-48-42(45)35-31-26-10-8-6-2)39-49-43(46)36-32-28-24-21-19-18-20-23-27-30-34-40(3)4/h40-41H,5-39H2,1-4H3/t41-/m0/s1. The maximum absolute atomic E-state index is 12.6. The highest BCUT2D eigenvalue weighted by Crippen LogP contribution is 2.16. The van der Waals surface area contributed by atoms with Crippen molar-refractivity contribution in [2.45, 2.75) is 246 Å². The van der Waals surface area contributed by atoms with Gasteiger partial charge in [-0.25, -0.2) is 0 Å². The molecule has 0 N–H and O–H groups in total. The highest BCUT2D eigenvalue weighted by molar-refractivity contribution is 5.71. The Kier molecular flexibility index (Phi) is 37.4. The second-order valence-corrected chi connectivity index (χ2v) is 15.5. The van der Waals surface area contributed by atoms with Crippen LogP contribution in [0.25, 0.3) is 0 Å². The van der Waals surface area contributed by atoms with Crippen molar-refractivity contribution in [1.29, 1.82) is 0 Å². The first-order valence-electron chi connectivity index (χ1n) is 21.9. The molecule has 6 nitrogen and oxygen atoms in total. The molecule has 0 fully saturated rings. The van der Waals surface area contributed by atoms with Crippen LogP contribution in [0.15, 0.2) is 0 Å². The predicted octanol–water partition coefficient (Wildman–Crippen LogP) is 13.6. The molecule has 0 rings (SSSR count). The van der Waals surface area contributed by atoms with E-state index < -0.39 is 6.10 Å². The lowest BCUT2D eigenvalue weighted by atomic mass is 10.0. The van der Waals surface area contributed by atoms with Crippen LogP contribution in [0.3, 0.4) is 0 Å². The molecule has 0 aromatic heterocycles. The normalized spacial score (nSPS) is 11.9. The zero-order valence-corrected chi connectivity index (χ0v) is 33.9. The Hall–Kier alpha value is -1.59. The summed E-state index contributed by atoms with van der Waals surface area (Å²) >= 11 is 0. The van der Waals surface area contributed by atoms with E-state index in [4.69, 9.17) is 14.2 Å². The lowest BCUT2D eigenvalue weighted by molar-refractivity contribution is -0.167. The van der Waals surface area contributed by atoms with Crippen molar-refractivity contribution >= 4 is 17.9 Å². The quantitative estimate of drug-likeness (QED) is 0.0359. The van der Waals surface area contributed by atoms with Crippen LogP contribution in [0.4, 0.5) is 0 Å². The Morgan fingerprint density at radius 3 is 0.980 bits per heavy atom. The average Bonchev–Trinajstić information content (AvgIpc) is 3.09. The van der Waals surface area contributed by atoms with Gasteiger partial charge < -0.3 is 14.2 Å². The molecule has 0 heterocycles. The Balaban J connectivity index is 4.21. The Bertz CT molecular complexity index is 751. The molecule has 0 aliphatic carbocycles. The molecule has 296 valence electrons. The molecule has 0 radical (unpaired) electrons. The van der Waals surface area contributed by atoms with E-state index in [1.807, 2.05) is 0 Å². The number of unbranched alkanes of at least 4 members (excludes halogenated alkanes) is 26. The maximum atomic E-state index is 12.6. The molecule has 0 aromatic rings. The topological polar surface area (TPSA) is 78.9 Å². The maximum Gasteiger partial charge on any atom is 0.306 e. The van der Waals surface area contributed by atoms with Crippen LogP contribution in [0, 0.1) is 5.92 Å². The highest BCUT2D eigenvalue weighted by atomic mass is 16.6. The van der Waals surface area contributed by atoms with Crippen LogP contribution in [-0.4, -0.2) is 37.2 Å². The summed E-state index contributed by atoms with van der Waals surface area (Å²) in [6, 6.07) is 0. The van der Waals surface area contributed by atoms with Gasteiger partial charge in [0.1, 0.15) is 13.2 Å². The van der Waals surface area contributed by atoms with Gasteiger partial charge in [-0.05, 0) is 25.2 Å². The number of esters is 3. The minimum atomic E-state index is -0.757. The summed E-state index contributed by atoms with van der Waals surface area (Å²) < 4.78 is 16.6. The lowest BCUT2D eigenvalue weighted by Crippen LogP contribution is -2.30.